The molecule has 0 saturated carbocycles. The second-order valence-corrected chi connectivity index (χ2v) is 6.05. The number of hydrogen-bond donors (Lipinski definition) is 0. The van der Waals surface area contributed by atoms with E-state index in [-0.39, 0.29) is 6.61 Å². The van der Waals surface area contributed by atoms with Gasteiger partial charge in [0, 0.05) is 26.8 Å². The summed E-state index contributed by atoms with van der Waals surface area (Å²) in [7, 11) is 0. The standard InChI is InChI=1S/C16H18N4O8/c1-8(21)25-6-11-13(26-9(2)22)14(27-10(3)23)15(28-11)19-7-17-12-4-5-18-20(12)16(19)24/h4-5,7,11,13-15H,6H2,1-3H3/t11-,13-,14-,15-/m1/s1. The normalized spacial score (nSPS) is 24.1. The van der Waals surface area contributed by atoms with Crippen LogP contribution in [0.5, 0.6) is 0 Å². The number of carbonyl (C=O) groups excluding carboxylic acids is 3. The third-order valence-corrected chi connectivity index (χ3v) is 3.95. The van der Waals surface area contributed by atoms with E-state index in [0.29, 0.717) is 5.65 Å². The maximum Gasteiger partial charge on any atom is 0.354 e. The van der Waals surface area contributed by atoms with Crippen molar-refractivity contribution in [3.05, 3.63) is 29.1 Å². The van der Waals surface area contributed by atoms with E-state index in [1.54, 1.807) is 0 Å². The molecule has 2 aromatic rings. The third-order valence-electron chi connectivity index (χ3n) is 3.95. The molecule has 0 aliphatic carbocycles. The summed E-state index contributed by atoms with van der Waals surface area (Å²) < 4.78 is 23.4. The van der Waals surface area contributed by atoms with Crippen molar-refractivity contribution in [3.63, 3.8) is 0 Å². The predicted octanol–water partition coefficient (Wildman–Crippen LogP) is -0.785. The van der Waals surface area contributed by atoms with Crippen molar-refractivity contribution in [1.29, 1.82) is 0 Å². The average Bonchev–Trinajstić information content (AvgIpc) is 3.19. The van der Waals surface area contributed by atoms with Gasteiger partial charge in [-0.25, -0.2) is 9.78 Å². The number of carbonyl (C=O) groups is 3. The van der Waals surface area contributed by atoms with Crippen LogP contribution in [0.2, 0.25) is 0 Å². The molecule has 12 heteroatoms. The number of nitrogens with zero attached hydrogens (tertiary/aromatic N) is 4. The van der Waals surface area contributed by atoms with E-state index in [1.807, 2.05) is 0 Å². The zero-order valence-electron chi connectivity index (χ0n) is 15.3. The molecule has 150 valence electrons. The van der Waals surface area contributed by atoms with Gasteiger partial charge < -0.3 is 18.9 Å². The van der Waals surface area contributed by atoms with Crippen LogP contribution in [0.4, 0.5) is 0 Å². The molecule has 0 aromatic carbocycles. The minimum absolute atomic E-state index is 0.270. The summed E-state index contributed by atoms with van der Waals surface area (Å²) in [6.07, 6.45) is -1.82. The van der Waals surface area contributed by atoms with E-state index >= 15 is 0 Å². The van der Waals surface area contributed by atoms with Crippen LogP contribution in [0.15, 0.2) is 23.4 Å². The second kappa shape index (κ2) is 7.76. The molecule has 4 atom stereocenters. The Morgan fingerprint density at radius 1 is 1.11 bits per heavy atom. The molecule has 0 bridgehead atoms. The summed E-state index contributed by atoms with van der Waals surface area (Å²) in [5, 5.41) is 3.89. The lowest BCUT2D eigenvalue weighted by molar-refractivity contribution is -0.166. The number of esters is 3. The maximum absolute atomic E-state index is 12.7. The fourth-order valence-electron chi connectivity index (χ4n) is 2.91. The summed E-state index contributed by atoms with van der Waals surface area (Å²) >= 11 is 0. The Bertz CT molecular complexity index is 967. The van der Waals surface area contributed by atoms with Crippen LogP contribution >= 0.6 is 0 Å². The number of fused-ring (bicyclic) bond motifs is 1. The SMILES string of the molecule is CC(=O)OC[C@H]1O[C@@H](n2cnc3ccnn3c2=O)[C@H](OC(C)=O)[C@@H]1OC(C)=O. The van der Waals surface area contributed by atoms with Gasteiger partial charge in [0.05, 0.1) is 6.20 Å². The fourth-order valence-corrected chi connectivity index (χ4v) is 2.91. The van der Waals surface area contributed by atoms with Gasteiger partial charge in [-0.1, -0.05) is 0 Å². The predicted molar refractivity (Wildman–Crippen MR) is 88.9 cm³/mol. The minimum atomic E-state index is -1.18. The molecule has 28 heavy (non-hydrogen) atoms. The Labute approximate surface area is 157 Å². The van der Waals surface area contributed by atoms with Gasteiger partial charge in [0.1, 0.15) is 19.0 Å². The van der Waals surface area contributed by atoms with Gasteiger partial charge >= 0.3 is 23.6 Å². The van der Waals surface area contributed by atoms with Gasteiger partial charge in [-0.05, 0) is 0 Å². The van der Waals surface area contributed by atoms with Crippen molar-refractivity contribution in [2.24, 2.45) is 0 Å². The van der Waals surface area contributed by atoms with Crippen LogP contribution < -0.4 is 5.69 Å². The molecule has 0 amide bonds. The van der Waals surface area contributed by atoms with Crippen molar-refractivity contribution in [1.82, 2.24) is 19.2 Å². The summed E-state index contributed by atoms with van der Waals surface area (Å²) in [6, 6.07) is 1.54. The summed E-state index contributed by atoms with van der Waals surface area (Å²) in [6.45, 7) is 3.27. The third kappa shape index (κ3) is 3.86. The van der Waals surface area contributed by atoms with E-state index in [2.05, 4.69) is 10.1 Å². The molecular formula is C16H18N4O8. The number of rotatable bonds is 5. The van der Waals surface area contributed by atoms with E-state index < -0.39 is 48.1 Å². The van der Waals surface area contributed by atoms with E-state index in [4.69, 9.17) is 18.9 Å². The highest BCUT2D eigenvalue weighted by atomic mass is 16.7. The number of ether oxygens (including phenoxy) is 4. The van der Waals surface area contributed by atoms with Gasteiger partial charge in [-0.2, -0.15) is 9.61 Å². The van der Waals surface area contributed by atoms with E-state index in [1.165, 1.54) is 39.4 Å². The summed E-state index contributed by atoms with van der Waals surface area (Å²) in [5.41, 5.74) is -0.289. The van der Waals surface area contributed by atoms with Crippen molar-refractivity contribution >= 4 is 23.6 Å². The summed E-state index contributed by atoms with van der Waals surface area (Å²) in [5.74, 6) is -1.91. The first-order valence-corrected chi connectivity index (χ1v) is 8.32. The smallest absolute Gasteiger partial charge is 0.354 e. The highest BCUT2D eigenvalue weighted by molar-refractivity contribution is 5.68. The maximum atomic E-state index is 12.7. The quantitative estimate of drug-likeness (QED) is 0.468. The van der Waals surface area contributed by atoms with E-state index in [9.17, 15) is 19.2 Å². The van der Waals surface area contributed by atoms with Gasteiger partial charge in [-0.3, -0.25) is 19.0 Å². The van der Waals surface area contributed by atoms with Gasteiger partial charge in [0.25, 0.3) is 0 Å². The average molecular weight is 394 g/mol. The molecule has 0 unspecified atom stereocenters. The lowest BCUT2D eigenvalue weighted by Gasteiger charge is -2.23. The highest BCUT2D eigenvalue weighted by Gasteiger charge is 2.51. The molecular weight excluding hydrogens is 376 g/mol. The first-order chi connectivity index (χ1) is 13.3. The van der Waals surface area contributed by atoms with Crippen LogP contribution in [0.25, 0.3) is 5.65 Å². The molecule has 12 nitrogen and oxygen atoms in total. The molecule has 0 spiro atoms. The molecule has 1 aliphatic rings. The topological polar surface area (TPSA) is 140 Å². The number of hydrogen-bond acceptors (Lipinski definition) is 10. The first-order valence-electron chi connectivity index (χ1n) is 8.32. The van der Waals surface area contributed by atoms with Gasteiger partial charge in [-0.15, -0.1) is 0 Å². The Morgan fingerprint density at radius 2 is 1.79 bits per heavy atom. The Balaban J connectivity index is 2.01. The molecule has 2 aromatic heterocycles. The fraction of sp³-hybridized carbons (Fsp3) is 0.500. The molecule has 0 radical (unpaired) electrons. The van der Waals surface area contributed by atoms with Gasteiger partial charge in [0.15, 0.2) is 24.1 Å². The first kappa shape index (κ1) is 19.5. The van der Waals surface area contributed by atoms with Crippen molar-refractivity contribution in [2.45, 2.75) is 45.3 Å². The van der Waals surface area contributed by atoms with Crippen molar-refractivity contribution in [2.75, 3.05) is 6.61 Å². The largest absolute Gasteiger partial charge is 0.463 e. The molecule has 1 saturated heterocycles. The zero-order chi connectivity index (χ0) is 20.4. The van der Waals surface area contributed by atoms with Crippen LogP contribution in [0.1, 0.15) is 27.0 Å². The van der Waals surface area contributed by atoms with Crippen molar-refractivity contribution in [3.8, 4) is 0 Å². The lowest BCUT2D eigenvalue weighted by atomic mass is 10.1. The van der Waals surface area contributed by atoms with Crippen LogP contribution in [-0.2, 0) is 33.3 Å². The van der Waals surface area contributed by atoms with Crippen molar-refractivity contribution < 1.29 is 33.3 Å². The van der Waals surface area contributed by atoms with Gasteiger partial charge in [0.2, 0.25) is 0 Å². The minimum Gasteiger partial charge on any atom is -0.463 e. The molecule has 3 heterocycles. The highest BCUT2D eigenvalue weighted by Crippen LogP contribution is 2.33. The molecule has 3 rings (SSSR count). The Kier molecular flexibility index (Phi) is 5.40. The van der Waals surface area contributed by atoms with Crippen LogP contribution in [0.3, 0.4) is 0 Å². The molecule has 1 aliphatic heterocycles. The van der Waals surface area contributed by atoms with Crippen LogP contribution in [0, 0.1) is 0 Å². The van der Waals surface area contributed by atoms with E-state index in [0.717, 1.165) is 9.08 Å². The Morgan fingerprint density at radius 3 is 2.43 bits per heavy atom. The lowest BCUT2D eigenvalue weighted by Crippen LogP contribution is -2.42. The number of aromatic nitrogens is 4. The summed E-state index contributed by atoms with van der Waals surface area (Å²) in [4.78, 5) is 51.1. The molecule has 0 N–H and O–H groups in total. The second-order valence-electron chi connectivity index (χ2n) is 6.05. The zero-order valence-corrected chi connectivity index (χ0v) is 15.3. The molecule has 1 fully saturated rings. The Hall–Kier alpha value is -3.28. The monoisotopic (exact) mass is 394 g/mol. The van der Waals surface area contributed by atoms with Crippen LogP contribution in [-0.4, -0.2) is 62.0 Å².